The number of rotatable bonds is 8. The van der Waals surface area contributed by atoms with Gasteiger partial charge in [0.1, 0.15) is 5.76 Å². The first-order valence-corrected chi connectivity index (χ1v) is 9.59. The van der Waals surface area contributed by atoms with Crippen LogP contribution in [0, 0.1) is 6.92 Å². The number of carbonyl (C=O) groups excluding carboxylic acids is 1. The topological polar surface area (TPSA) is 95.7 Å². The maximum absolute atomic E-state index is 12.3. The van der Waals surface area contributed by atoms with Crippen molar-refractivity contribution in [1.82, 2.24) is 15.2 Å². The van der Waals surface area contributed by atoms with Gasteiger partial charge in [-0.3, -0.25) is 14.5 Å². The van der Waals surface area contributed by atoms with Crippen molar-refractivity contribution in [2.75, 3.05) is 13.1 Å². The summed E-state index contributed by atoms with van der Waals surface area (Å²) in [7, 11) is 0. The van der Waals surface area contributed by atoms with Gasteiger partial charge >= 0.3 is 5.97 Å². The van der Waals surface area contributed by atoms with Crippen molar-refractivity contribution in [3.63, 3.8) is 0 Å². The van der Waals surface area contributed by atoms with E-state index < -0.39 is 5.97 Å². The first-order valence-electron chi connectivity index (χ1n) is 8.71. The highest BCUT2D eigenvalue weighted by Gasteiger charge is 2.34. The SMILES string of the molecule is CCN(CC(=O)O)C1CC(NC(=O)Cc2nc(-c3cccs3)oc2C)C1. The Morgan fingerprint density at radius 2 is 2.23 bits per heavy atom. The number of hydrogen-bond acceptors (Lipinski definition) is 6. The molecule has 2 aromatic heterocycles. The Morgan fingerprint density at radius 3 is 2.85 bits per heavy atom. The highest BCUT2D eigenvalue weighted by atomic mass is 32.1. The van der Waals surface area contributed by atoms with Crippen LogP contribution in [0.5, 0.6) is 0 Å². The molecule has 0 atom stereocenters. The molecule has 2 heterocycles. The van der Waals surface area contributed by atoms with Crippen LogP contribution >= 0.6 is 11.3 Å². The zero-order chi connectivity index (χ0) is 18.7. The molecule has 140 valence electrons. The van der Waals surface area contributed by atoms with Crippen LogP contribution in [0.4, 0.5) is 0 Å². The van der Waals surface area contributed by atoms with Crippen LogP contribution in [0.15, 0.2) is 21.9 Å². The summed E-state index contributed by atoms with van der Waals surface area (Å²) in [5.74, 6) is 0.316. The van der Waals surface area contributed by atoms with Gasteiger partial charge in [0.25, 0.3) is 0 Å². The van der Waals surface area contributed by atoms with E-state index in [9.17, 15) is 9.59 Å². The van der Waals surface area contributed by atoms with Crippen molar-refractivity contribution in [3.8, 4) is 10.8 Å². The molecule has 2 N–H and O–H groups in total. The second-order valence-electron chi connectivity index (χ2n) is 6.52. The zero-order valence-corrected chi connectivity index (χ0v) is 15.7. The third kappa shape index (κ3) is 4.31. The molecule has 1 aliphatic rings. The molecule has 0 saturated heterocycles. The molecular weight excluding hydrogens is 354 g/mol. The van der Waals surface area contributed by atoms with Crippen LogP contribution in [0.2, 0.25) is 0 Å². The molecule has 0 unspecified atom stereocenters. The van der Waals surface area contributed by atoms with Gasteiger partial charge in [-0.15, -0.1) is 11.3 Å². The Balaban J connectivity index is 1.49. The number of nitrogens with one attached hydrogen (secondary N) is 1. The predicted octanol–water partition coefficient (Wildman–Crippen LogP) is 2.31. The Labute approximate surface area is 156 Å². The van der Waals surface area contributed by atoms with Crippen LogP contribution in [-0.4, -0.2) is 52.0 Å². The van der Waals surface area contributed by atoms with Crippen LogP contribution in [0.25, 0.3) is 10.8 Å². The molecule has 1 amide bonds. The summed E-state index contributed by atoms with van der Waals surface area (Å²) in [5, 5.41) is 13.9. The minimum absolute atomic E-state index is 0.0471. The first kappa shape index (κ1) is 18.6. The molecule has 1 aliphatic carbocycles. The minimum Gasteiger partial charge on any atom is -0.480 e. The molecule has 0 bridgehead atoms. The number of carbonyl (C=O) groups is 2. The summed E-state index contributed by atoms with van der Waals surface area (Å²) in [6.07, 6.45) is 1.75. The molecule has 3 rings (SSSR count). The van der Waals surface area contributed by atoms with E-state index >= 15 is 0 Å². The maximum Gasteiger partial charge on any atom is 0.317 e. The predicted molar refractivity (Wildman–Crippen MR) is 98.1 cm³/mol. The van der Waals surface area contributed by atoms with E-state index in [0.717, 1.165) is 17.7 Å². The summed E-state index contributed by atoms with van der Waals surface area (Å²) >= 11 is 1.55. The normalized spacial score (nSPS) is 19.3. The Bertz CT molecular complexity index is 766. The molecule has 2 aromatic rings. The quantitative estimate of drug-likeness (QED) is 0.733. The van der Waals surface area contributed by atoms with Gasteiger partial charge in [0, 0.05) is 12.1 Å². The van der Waals surface area contributed by atoms with Crippen molar-refractivity contribution >= 4 is 23.2 Å². The smallest absolute Gasteiger partial charge is 0.317 e. The van der Waals surface area contributed by atoms with Crippen molar-refractivity contribution in [2.45, 2.75) is 45.2 Å². The van der Waals surface area contributed by atoms with Gasteiger partial charge in [-0.25, -0.2) is 4.98 Å². The van der Waals surface area contributed by atoms with Gasteiger partial charge in [0.2, 0.25) is 11.8 Å². The van der Waals surface area contributed by atoms with Crippen molar-refractivity contribution in [2.24, 2.45) is 0 Å². The van der Waals surface area contributed by atoms with Crippen molar-refractivity contribution in [3.05, 3.63) is 29.0 Å². The van der Waals surface area contributed by atoms with Gasteiger partial charge in [-0.05, 0) is 37.8 Å². The molecule has 1 fully saturated rings. The second-order valence-corrected chi connectivity index (χ2v) is 7.47. The molecule has 1 saturated carbocycles. The fourth-order valence-corrected chi connectivity index (χ4v) is 3.85. The number of nitrogens with zero attached hydrogens (tertiary/aromatic N) is 2. The van der Waals surface area contributed by atoms with Crippen LogP contribution in [-0.2, 0) is 16.0 Å². The monoisotopic (exact) mass is 377 g/mol. The first-order chi connectivity index (χ1) is 12.5. The van der Waals surface area contributed by atoms with E-state index in [4.69, 9.17) is 9.52 Å². The summed E-state index contributed by atoms with van der Waals surface area (Å²) in [6.45, 7) is 4.51. The average molecular weight is 377 g/mol. The number of aliphatic carboxylic acids is 1. The van der Waals surface area contributed by atoms with E-state index in [-0.39, 0.29) is 31.0 Å². The number of hydrogen-bond donors (Lipinski definition) is 2. The standard InChI is InChI=1S/C18H23N3O4S/c1-3-21(10-17(23)24)13-7-12(8-13)19-16(22)9-14-11(2)25-18(20-14)15-5-4-6-26-15/h4-6,12-13H,3,7-10H2,1-2H3,(H,19,22)(H,23,24). The molecular formula is C18H23N3O4S. The van der Waals surface area contributed by atoms with Crippen LogP contribution < -0.4 is 5.32 Å². The lowest BCUT2D eigenvalue weighted by atomic mass is 9.85. The Morgan fingerprint density at radius 1 is 1.46 bits per heavy atom. The molecule has 0 spiro atoms. The molecule has 0 aliphatic heterocycles. The van der Waals surface area contributed by atoms with E-state index in [2.05, 4.69) is 10.3 Å². The van der Waals surface area contributed by atoms with Crippen LogP contribution in [0.3, 0.4) is 0 Å². The zero-order valence-electron chi connectivity index (χ0n) is 14.9. The largest absolute Gasteiger partial charge is 0.480 e. The van der Waals surface area contributed by atoms with Crippen molar-refractivity contribution in [1.29, 1.82) is 0 Å². The lowest BCUT2D eigenvalue weighted by molar-refractivity contribution is -0.139. The van der Waals surface area contributed by atoms with E-state index in [0.29, 0.717) is 23.9 Å². The third-order valence-electron chi connectivity index (χ3n) is 4.69. The molecule has 0 radical (unpaired) electrons. The second kappa shape index (κ2) is 8.01. The summed E-state index contributed by atoms with van der Waals surface area (Å²) in [4.78, 5) is 30.5. The highest BCUT2D eigenvalue weighted by Crippen LogP contribution is 2.27. The number of aryl methyl sites for hydroxylation is 1. The number of carboxylic acids is 1. The Hall–Kier alpha value is -2.19. The van der Waals surface area contributed by atoms with Gasteiger partial charge in [0.05, 0.1) is 23.5 Å². The minimum atomic E-state index is -0.817. The number of aromatic nitrogens is 1. The molecule has 8 heteroatoms. The number of likely N-dealkylation sites (N-methyl/N-ethyl adjacent to an activating group) is 1. The number of oxazole rings is 1. The fourth-order valence-electron chi connectivity index (χ4n) is 3.21. The van der Waals surface area contributed by atoms with E-state index in [1.165, 1.54) is 0 Å². The molecule has 0 aromatic carbocycles. The van der Waals surface area contributed by atoms with Gasteiger partial charge in [-0.2, -0.15) is 0 Å². The number of amides is 1. The maximum atomic E-state index is 12.3. The number of carboxylic acid groups (broad SMARTS) is 1. The molecule has 7 nitrogen and oxygen atoms in total. The van der Waals surface area contributed by atoms with E-state index in [1.807, 2.05) is 36.3 Å². The Kier molecular flexibility index (Phi) is 5.73. The van der Waals surface area contributed by atoms with Crippen LogP contribution in [0.1, 0.15) is 31.2 Å². The van der Waals surface area contributed by atoms with Gasteiger partial charge in [-0.1, -0.05) is 13.0 Å². The summed E-state index contributed by atoms with van der Waals surface area (Å²) in [6, 6.07) is 4.19. The lowest BCUT2D eigenvalue weighted by Gasteiger charge is -2.42. The van der Waals surface area contributed by atoms with E-state index in [1.54, 1.807) is 11.3 Å². The van der Waals surface area contributed by atoms with Crippen molar-refractivity contribution < 1.29 is 19.1 Å². The lowest BCUT2D eigenvalue weighted by Crippen LogP contribution is -2.55. The third-order valence-corrected chi connectivity index (χ3v) is 5.55. The number of thiophene rings is 1. The summed E-state index contributed by atoms with van der Waals surface area (Å²) in [5.41, 5.74) is 0.655. The average Bonchev–Trinajstić information content (AvgIpc) is 3.19. The molecule has 26 heavy (non-hydrogen) atoms. The summed E-state index contributed by atoms with van der Waals surface area (Å²) < 4.78 is 5.66. The highest BCUT2D eigenvalue weighted by molar-refractivity contribution is 7.13. The van der Waals surface area contributed by atoms with Gasteiger partial charge < -0.3 is 14.8 Å². The van der Waals surface area contributed by atoms with Gasteiger partial charge in [0.15, 0.2) is 0 Å². The fraction of sp³-hybridized carbons (Fsp3) is 0.500.